The van der Waals surface area contributed by atoms with Crippen molar-refractivity contribution in [2.24, 2.45) is 5.73 Å². The molecule has 2 unspecified atom stereocenters. The fourth-order valence-corrected chi connectivity index (χ4v) is 1.58. The lowest BCUT2D eigenvalue weighted by molar-refractivity contribution is -0.129. The van der Waals surface area contributed by atoms with Crippen LogP contribution in [0.4, 0.5) is 0 Å². The monoisotopic (exact) mass is 223 g/mol. The molecule has 0 aliphatic carbocycles. The summed E-state index contributed by atoms with van der Waals surface area (Å²) in [5.41, 5.74) is 5.54. The van der Waals surface area contributed by atoms with Crippen molar-refractivity contribution in [2.75, 3.05) is 6.54 Å². The molecule has 0 aromatic carbocycles. The van der Waals surface area contributed by atoms with Crippen LogP contribution in [-0.4, -0.2) is 30.4 Å². The van der Waals surface area contributed by atoms with Gasteiger partial charge < -0.3 is 16.4 Å². The van der Waals surface area contributed by atoms with Crippen LogP contribution in [0.2, 0.25) is 0 Å². The van der Waals surface area contributed by atoms with E-state index in [4.69, 9.17) is 12.2 Å². The molecule has 2 atom stereocenters. The normalized spacial score (nSPS) is 22.5. The predicted octanol–water partition coefficient (Wildman–Crippen LogP) is -0.878. The van der Waals surface area contributed by atoms with Crippen molar-refractivity contribution < 1.29 is 9.59 Å². The highest BCUT2D eigenvalue weighted by Gasteiger charge is 2.24. The lowest BCUT2D eigenvalue weighted by Crippen LogP contribution is -2.50. The first-order valence-corrected chi connectivity index (χ1v) is 5.42. The van der Waals surface area contributed by atoms with Crippen molar-refractivity contribution in [1.29, 1.82) is 0 Å². The average Bonchev–Trinajstić information content (AvgIpc) is 2.45. The summed E-state index contributed by atoms with van der Waals surface area (Å²) in [6.45, 7) is 0.668. The van der Waals surface area contributed by atoms with E-state index in [0.717, 1.165) is 12.8 Å². The van der Waals surface area contributed by atoms with Crippen molar-refractivity contribution in [2.45, 2.75) is 37.8 Å². The highest BCUT2D eigenvalue weighted by molar-refractivity contribution is 5.89. The van der Waals surface area contributed by atoms with E-state index in [2.05, 4.69) is 16.6 Å². The van der Waals surface area contributed by atoms with Gasteiger partial charge in [0.1, 0.15) is 6.04 Å². The fourth-order valence-electron chi connectivity index (χ4n) is 1.58. The second-order valence-corrected chi connectivity index (χ2v) is 3.86. The first-order valence-electron chi connectivity index (χ1n) is 5.42. The Bertz CT molecular complexity index is 309. The van der Waals surface area contributed by atoms with Crippen molar-refractivity contribution in [1.82, 2.24) is 10.6 Å². The predicted molar refractivity (Wildman–Crippen MR) is 60.2 cm³/mol. The molecule has 5 heteroatoms. The largest absolute Gasteiger partial charge is 0.354 e. The number of terminal acetylenes is 1. The van der Waals surface area contributed by atoms with E-state index in [-0.39, 0.29) is 18.2 Å². The van der Waals surface area contributed by atoms with Crippen LogP contribution in [0.1, 0.15) is 25.7 Å². The van der Waals surface area contributed by atoms with Crippen LogP contribution in [0.3, 0.4) is 0 Å². The first kappa shape index (κ1) is 12.5. The standard InChI is InChI=1S/C11H17N3O2/c1-2-5-8(12)10(15)14-9-6-3-4-7-13-11(9)16/h1,8-9H,3-7,12H2,(H,13,16)(H,14,15). The van der Waals surface area contributed by atoms with Crippen molar-refractivity contribution >= 4 is 11.8 Å². The number of nitrogens with two attached hydrogens (primary N) is 1. The summed E-state index contributed by atoms with van der Waals surface area (Å²) in [6.07, 6.45) is 7.75. The molecule has 1 aliphatic rings. The van der Waals surface area contributed by atoms with Crippen LogP contribution < -0.4 is 16.4 Å². The molecule has 0 aromatic rings. The van der Waals surface area contributed by atoms with E-state index in [1.807, 2.05) is 0 Å². The molecule has 1 rings (SSSR count). The number of carbonyl (C=O) groups is 2. The quantitative estimate of drug-likeness (QED) is 0.543. The summed E-state index contributed by atoms with van der Waals surface area (Å²) in [7, 11) is 0. The fraction of sp³-hybridized carbons (Fsp3) is 0.636. The molecule has 0 aromatic heterocycles. The molecular weight excluding hydrogens is 206 g/mol. The number of amides is 2. The maximum absolute atomic E-state index is 11.5. The molecule has 2 amide bonds. The lowest BCUT2D eigenvalue weighted by atomic mass is 10.1. The van der Waals surface area contributed by atoms with Gasteiger partial charge >= 0.3 is 0 Å². The summed E-state index contributed by atoms with van der Waals surface area (Å²) in [5, 5.41) is 5.36. The Kier molecular flexibility index (Phi) is 4.80. The van der Waals surface area contributed by atoms with E-state index in [1.165, 1.54) is 0 Å². The van der Waals surface area contributed by atoms with Gasteiger partial charge in [0.15, 0.2) is 0 Å². The van der Waals surface area contributed by atoms with Gasteiger partial charge in [-0.1, -0.05) is 0 Å². The summed E-state index contributed by atoms with van der Waals surface area (Å²) in [5.74, 6) is 1.82. The lowest BCUT2D eigenvalue weighted by Gasteiger charge is -2.17. The highest BCUT2D eigenvalue weighted by Crippen LogP contribution is 2.05. The SMILES string of the molecule is C#CCC(N)C(=O)NC1CCCCNC1=O. The minimum atomic E-state index is -0.735. The molecule has 1 fully saturated rings. The number of carbonyl (C=O) groups excluding carboxylic acids is 2. The third-order valence-electron chi connectivity index (χ3n) is 2.53. The smallest absolute Gasteiger partial charge is 0.242 e. The maximum atomic E-state index is 11.5. The molecule has 1 heterocycles. The van der Waals surface area contributed by atoms with Crippen molar-refractivity contribution in [3.05, 3.63) is 0 Å². The van der Waals surface area contributed by atoms with Crippen LogP contribution in [0.25, 0.3) is 0 Å². The molecule has 0 bridgehead atoms. The maximum Gasteiger partial charge on any atom is 0.242 e. The molecule has 1 saturated heterocycles. The molecule has 4 N–H and O–H groups in total. The molecule has 0 spiro atoms. The van der Waals surface area contributed by atoms with E-state index in [1.54, 1.807) is 0 Å². The van der Waals surface area contributed by atoms with Gasteiger partial charge in [-0.2, -0.15) is 0 Å². The van der Waals surface area contributed by atoms with Crippen LogP contribution in [0.15, 0.2) is 0 Å². The van der Waals surface area contributed by atoms with Crippen LogP contribution in [0, 0.1) is 12.3 Å². The van der Waals surface area contributed by atoms with Gasteiger partial charge in [-0.3, -0.25) is 9.59 Å². The third-order valence-corrected chi connectivity index (χ3v) is 2.53. The molecule has 16 heavy (non-hydrogen) atoms. The minimum Gasteiger partial charge on any atom is -0.354 e. The number of hydrogen-bond donors (Lipinski definition) is 3. The third kappa shape index (κ3) is 3.55. The Morgan fingerprint density at radius 1 is 1.69 bits per heavy atom. The van der Waals surface area contributed by atoms with Crippen molar-refractivity contribution in [3.63, 3.8) is 0 Å². The zero-order valence-corrected chi connectivity index (χ0v) is 9.16. The highest BCUT2D eigenvalue weighted by atomic mass is 16.2. The number of rotatable bonds is 3. The van der Waals surface area contributed by atoms with Gasteiger partial charge in [-0.25, -0.2) is 0 Å². The Morgan fingerprint density at radius 2 is 2.44 bits per heavy atom. The van der Waals surface area contributed by atoms with Gasteiger partial charge in [-0.15, -0.1) is 12.3 Å². The molecule has 88 valence electrons. The second-order valence-electron chi connectivity index (χ2n) is 3.86. The minimum absolute atomic E-state index is 0.140. The summed E-state index contributed by atoms with van der Waals surface area (Å²) in [4.78, 5) is 23.1. The zero-order chi connectivity index (χ0) is 12.0. The molecule has 0 radical (unpaired) electrons. The van der Waals surface area contributed by atoms with Gasteiger partial charge in [0.05, 0.1) is 6.04 Å². The van der Waals surface area contributed by atoms with E-state index >= 15 is 0 Å². The number of hydrogen-bond acceptors (Lipinski definition) is 3. The number of nitrogens with one attached hydrogen (secondary N) is 2. The zero-order valence-electron chi connectivity index (χ0n) is 9.16. The van der Waals surface area contributed by atoms with Crippen LogP contribution in [0.5, 0.6) is 0 Å². The Labute approximate surface area is 95.1 Å². The Hall–Kier alpha value is -1.54. The Balaban J connectivity index is 2.48. The summed E-state index contributed by atoms with van der Waals surface area (Å²) < 4.78 is 0. The molecule has 0 saturated carbocycles. The molecule has 1 aliphatic heterocycles. The van der Waals surface area contributed by atoms with Crippen LogP contribution in [-0.2, 0) is 9.59 Å². The van der Waals surface area contributed by atoms with Gasteiger partial charge in [0.25, 0.3) is 0 Å². The topological polar surface area (TPSA) is 84.2 Å². The van der Waals surface area contributed by atoms with E-state index in [0.29, 0.717) is 13.0 Å². The van der Waals surface area contributed by atoms with Gasteiger partial charge in [0, 0.05) is 13.0 Å². The average molecular weight is 223 g/mol. The summed E-state index contributed by atoms with van der Waals surface area (Å²) >= 11 is 0. The van der Waals surface area contributed by atoms with Crippen molar-refractivity contribution in [3.8, 4) is 12.3 Å². The second kappa shape index (κ2) is 6.13. The van der Waals surface area contributed by atoms with Gasteiger partial charge in [0.2, 0.25) is 11.8 Å². The van der Waals surface area contributed by atoms with E-state index in [9.17, 15) is 9.59 Å². The van der Waals surface area contributed by atoms with Gasteiger partial charge in [-0.05, 0) is 19.3 Å². The Morgan fingerprint density at radius 3 is 3.12 bits per heavy atom. The van der Waals surface area contributed by atoms with E-state index < -0.39 is 12.1 Å². The molecule has 5 nitrogen and oxygen atoms in total. The molecular formula is C11H17N3O2. The summed E-state index contributed by atoms with van der Waals surface area (Å²) in [6, 6.07) is -1.21. The first-order chi connectivity index (χ1) is 7.65. The van der Waals surface area contributed by atoms with Crippen LogP contribution >= 0.6 is 0 Å².